The molecule has 1 aliphatic carbocycles. The molecule has 1 heterocycles. The zero-order valence-corrected chi connectivity index (χ0v) is 10.7. The maximum Gasteiger partial charge on any atom is 0.274 e. The smallest absolute Gasteiger partial charge is 0.274 e. The summed E-state index contributed by atoms with van der Waals surface area (Å²) in [5.74, 6) is -0.0230. The Morgan fingerprint density at radius 1 is 1.47 bits per heavy atom. The Kier molecular flexibility index (Phi) is 3.94. The van der Waals surface area contributed by atoms with Crippen molar-refractivity contribution in [2.45, 2.75) is 38.6 Å². The standard InChI is InChI=1S/C12H16ClN3O/c1-2-3-8-16(9-4-5-9)12(17)10-6-7-11(13)15-14-10/h6-7,9H,2-5,8H2,1H3. The first kappa shape index (κ1) is 12.3. The van der Waals surface area contributed by atoms with Crippen molar-refractivity contribution >= 4 is 17.5 Å². The Bertz CT molecular complexity index is 389. The second-order valence-electron chi connectivity index (χ2n) is 4.32. The fourth-order valence-corrected chi connectivity index (χ4v) is 1.84. The Labute approximate surface area is 106 Å². The summed E-state index contributed by atoms with van der Waals surface area (Å²) in [5, 5.41) is 7.87. The van der Waals surface area contributed by atoms with Crippen molar-refractivity contribution in [2.75, 3.05) is 6.54 Å². The number of aromatic nitrogens is 2. The minimum Gasteiger partial charge on any atom is -0.334 e. The Morgan fingerprint density at radius 3 is 2.76 bits per heavy atom. The van der Waals surface area contributed by atoms with Crippen molar-refractivity contribution in [1.29, 1.82) is 0 Å². The van der Waals surface area contributed by atoms with Gasteiger partial charge in [0.15, 0.2) is 10.8 Å². The second-order valence-corrected chi connectivity index (χ2v) is 4.71. The highest BCUT2D eigenvalue weighted by molar-refractivity contribution is 6.29. The lowest BCUT2D eigenvalue weighted by Crippen LogP contribution is -2.34. The third-order valence-corrected chi connectivity index (χ3v) is 3.05. The van der Waals surface area contributed by atoms with Crippen molar-refractivity contribution in [3.05, 3.63) is 23.0 Å². The maximum absolute atomic E-state index is 12.2. The summed E-state index contributed by atoms with van der Waals surface area (Å²) in [7, 11) is 0. The highest BCUT2D eigenvalue weighted by atomic mass is 35.5. The SMILES string of the molecule is CCCCN(C(=O)c1ccc(Cl)nn1)C1CC1. The molecule has 1 fully saturated rings. The van der Waals surface area contributed by atoms with E-state index in [-0.39, 0.29) is 5.91 Å². The number of hydrogen-bond donors (Lipinski definition) is 0. The zero-order valence-electron chi connectivity index (χ0n) is 9.90. The first-order valence-electron chi connectivity index (χ1n) is 6.02. The summed E-state index contributed by atoms with van der Waals surface area (Å²) in [6.45, 7) is 2.93. The third-order valence-electron chi connectivity index (χ3n) is 2.85. The molecule has 0 atom stereocenters. The van der Waals surface area contributed by atoms with E-state index in [0.717, 1.165) is 32.2 Å². The molecule has 0 spiro atoms. The maximum atomic E-state index is 12.2. The molecule has 0 bridgehead atoms. The molecular formula is C12H16ClN3O. The Morgan fingerprint density at radius 2 is 2.24 bits per heavy atom. The van der Waals surface area contributed by atoms with Crippen LogP contribution >= 0.6 is 11.6 Å². The molecular weight excluding hydrogens is 238 g/mol. The summed E-state index contributed by atoms with van der Waals surface area (Å²) in [6, 6.07) is 3.65. The van der Waals surface area contributed by atoms with Crippen LogP contribution in [-0.2, 0) is 0 Å². The van der Waals surface area contributed by atoms with Gasteiger partial charge in [-0.05, 0) is 31.4 Å². The van der Waals surface area contributed by atoms with Gasteiger partial charge < -0.3 is 4.90 Å². The van der Waals surface area contributed by atoms with E-state index in [2.05, 4.69) is 17.1 Å². The lowest BCUT2D eigenvalue weighted by Gasteiger charge is -2.21. The molecule has 1 aromatic rings. The molecule has 5 heteroatoms. The fraction of sp³-hybridized carbons (Fsp3) is 0.583. The summed E-state index contributed by atoms with van der Waals surface area (Å²) in [5.41, 5.74) is 0.386. The quantitative estimate of drug-likeness (QED) is 0.810. The van der Waals surface area contributed by atoms with Gasteiger partial charge in [-0.1, -0.05) is 24.9 Å². The largest absolute Gasteiger partial charge is 0.334 e. The molecule has 2 rings (SSSR count). The van der Waals surface area contributed by atoms with E-state index in [1.165, 1.54) is 0 Å². The van der Waals surface area contributed by atoms with E-state index in [4.69, 9.17) is 11.6 Å². The predicted molar refractivity (Wildman–Crippen MR) is 66.0 cm³/mol. The molecule has 4 nitrogen and oxygen atoms in total. The van der Waals surface area contributed by atoms with E-state index in [1.54, 1.807) is 12.1 Å². The average Bonchev–Trinajstić information content (AvgIpc) is 3.14. The molecule has 0 aromatic carbocycles. The molecule has 0 radical (unpaired) electrons. The van der Waals surface area contributed by atoms with Crippen LogP contribution < -0.4 is 0 Å². The minimum atomic E-state index is -0.0230. The van der Waals surface area contributed by atoms with Crippen LogP contribution in [0.15, 0.2) is 12.1 Å². The van der Waals surface area contributed by atoms with Crippen molar-refractivity contribution in [3.8, 4) is 0 Å². The fourth-order valence-electron chi connectivity index (χ4n) is 1.74. The van der Waals surface area contributed by atoms with Gasteiger partial charge in [-0.15, -0.1) is 10.2 Å². The average molecular weight is 254 g/mol. The van der Waals surface area contributed by atoms with Crippen LogP contribution in [0.4, 0.5) is 0 Å². The van der Waals surface area contributed by atoms with Crippen molar-refractivity contribution in [2.24, 2.45) is 0 Å². The van der Waals surface area contributed by atoms with E-state index < -0.39 is 0 Å². The van der Waals surface area contributed by atoms with Gasteiger partial charge in [0.2, 0.25) is 0 Å². The van der Waals surface area contributed by atoms with Gasteiger partial charge in [0, 0.05) is 12.6 Å². The van der Waals surface area contributed by atoms with Gasteiger partial charge in [0.05, 0.1) is 0 Å². The third kappa shape index (κ3) is 3.16. The predicted octanol–water partition coefficient (Wildman–Crippen LogP) is 2.53. The van der Waals surface area contributed by atoms with Crippen molar-refractivity contribution in [3.63, 3.8) is 0 Å². The van der Waals surface area contributed by atoms with Crippen LogP contribution in [0.25, 0.3) is 0 Å². The first-order valence-corrected chi connectivity index (χ1v) is 6.40. The van der Waals surface area contributed by atoms with E-state index in [0.29, 0.717) is 16.9 Å². The summed E-state index contributed by atoms with van der Waals surface area (Å²) in [6.07, 6.45) is 4.33. The highest BCUT2D eigenvalue weighted by Crippen LogP contribution is 2.28. The van der Waals surface area contributed by atoms with Crippen LogP contribution in [0, 0.1) is 0 Å². The number of carbonyl (C=O) groups excluding carboxylic acids is 1. The second kappa shape index (κ2) is 5.45. The summed E-state index contributed by atoms with van der Waals surface area (Å²) in [4.78, 5) is 14.1. The van der Waals surface area contributed by atoms with E-state index in [1.807, 2.05) is 4.90 Å². The lowest BCUT2D eigenvalue weighted by molar-refractivity contribution is 0.0733. The molecule has 0 aliphatic heterocycles. The molecule has 1 aliphatic rings. The normalized spacial score (nSPS) is 14.7. The number of unbranched alkanes of at least 4 members (excludes halogenated alkanes) is 1. The molecule has 0 saturated heterocycles. The van der Waals surface area contributed by atoms with Crippen LogP contribution in [0.3, 0.4) is 0 Å². The van der Waals surface area contributed by atoms with Crippen molar-refractivity contribution < 1.29 is 4.79 Å². The summed E-state index contributed by atoms with van der Waals surface area (Å²) >= 11 is 5.66. The number of amides is 1. The molecule has 1 aromatic heterocycles. The summed E-state index contributed by atoms with van der Waals surface area (Å²) < 4.78 is 0. The lowest BCUT2D eigenvalue weighted by atomic mass is 10.2. The minimum absolute atomic E-state index is 0.0230. The van der Waals surface area contributed by atoms with Gasteiger partial charge in [0.25, 0.3) is 5.91 Å². The molecule has 1 amide bonds. The van der Waals surface area contributed by atoms with Gasteiger partial charge in [-0.2, -0.15) is 0 Å². The molecule has 92 valence electrons. The molecule has 0 N–H and O–H groups in total. The zero-order chi connectivity index (χ0) is 12.3. The molecule has 0 unspecified atom stereocenters. The number of halogens is 1. The van der Waals surface area contributed by atoms with Gasteiger partial charge in [-0.25, -0.2) is 0 Å². The molecule has 17 heavy (non-hydrogen) atoms. The van der Waals surface area contributed by atoms with Crippen LogP contribution in [-0.4, -0.2) is 33.6 Å². The van der Waals surface area contributed by atoms with E-state index >= 15 is 0 Å². The topological polar surface area (TPSA) is 46.1 Å². The Balaban J connectivity index is 2.07. The number of rotatable bonds is 5. The van der Waals surface area contributed by atoms with Gasteiger partial charge in [-0.3, -0.25) is 4.79 Å². The van der Waals surface area contributed by atoms with Crippen LogP contribution in [0.5, 0.6) is 0 Å². The Hall–Kier alpha value is -1.16. The van der Waals surface area contributed by atoms with Crippen LogP contribution in [0.2, 0.25) is 5.15 Å². The van der Waals surface area contributed by atoms with Crippen LogP contribution in [0.1, 0.15) is 43.1 Å². The number of carbonyl (C=O) groups is 1. The van der Waals surface area contributed by atoms with Crippen molar-refractivity contribution in [1.82, 2.24) is 15.1 Å². The number of nitrogens with zero attached hydrogens (tertiary/aromatic N) is 3. The monoisotopic (exact) mass is 253 g/mol. The highest BCUT2D eigenvalue weighted by Gasteiger charge is 2.33. The number of hydrogen-bond acceptors (Lipinski definition) is 3. The molecule has 1 saturated carbocycles. The van der Waals surface area contributed by atoms with Gasteiger partial charge in [0.1, 0.15) is 0 Å². The van der Waals surface area contributed by atoms with E-state index in [9.17, 15) is 4.79 Å². The van der Waals surface area contributed by atoms with Gasteiger partial charge >= 0.3 is 0 Å². The first-order chi connectivity index (χ1) is 8.22.